The van der Waals surface area contributed by atoms with Gasteiger partial charge in [-0.1, -0.05) is 19.9 Å². The molecule has 124 valence electrons. The fourth-order valence-corrected chi connectivity index (χ4v) is 2.97. The van der Waals surface area contributed by atoms with Crippen LogP contribution in [0.3, 0.4) is 0 Å². The number of hydrogen-bond acceptors (Lipinski definition) is 1. The highest BCUT2D eigenvalue weighted by atomic mass is 19.2. The third-order valence-electron chi connectivity index (χ3n) is 4.28. The van der Waals surface area contributed by atoms with E-state index in [1.807, 2.05) is 22.9 Å². The van der Waals surface area contributed by atoms with E-state index in [0.29, 0.717) is 23.6 Å². The molecule has 3 aromatic rings. The maximum absolute atomic E-state index is 13.4. The minimum Gasteiger partial charge on any atom is -0.343 e. The van der Waals surface area contributed by atoms with Gasteiger partial charge in [-0.05, 0) is 54.3 Å². The molecule has 24 heavy (non-hydrogen) atoms. The number of aromatic nitrogens is 1. The fourth-order valence-electron chi connectivity index (χ4n) is 2.97. The molecule has 0 spiro atoms. The predicted molar refractivity (Wildman–Crippen MR) is 91.5 cm³/mol. The van der Waals surface area contributed by atoms with Crippen molar-refractivity contribution in [2.45, 2.75) is 33.2 Å². The minimum atomic E-state index is -0.843. The van der Waals surface area contributed by atoms with Gasteiger partial charge in [0.15, 0.2) is 17.4 Å². The number of carbonyl (C=O) groups is 1. The maximum Gasteiger partial charge on any atom is 0.159 e. The van der Waals surface area contributed by atoms with Crippen molar-refractivity contribution in [1.29, 1.82) is 0 Å². The lowest BCUT2D eigenvalue weighted by Gasteiger charge is -2.06. The Hall–Kier alpha value is -2.49. The maximum atomic E-state index is 13.4. The van der Waals surface area contributed by atoms with Crippen molar-refractivity contribution in [3.63, 3.8) is 0 Å². The first-order chi connectivity index (χ1) is 11.4. The molecule has 0 N–H and O–H groups in total. The molecule has 0 saturated carbocycles. The van der Waals surface area contributed by atoms with Gasteiger partial charge < -0.3 is 4.57 Å². The van der Waals surface area contributed by atoms with Crippen LogP contribution in [0.5, 0.6) is 0 Å². The summed E-state index contributed by atoms with van der Waals surface area (Å²) in [5.41, 5.74) is 3.48. The van der Waals surface area contributed by atoms with E-state index in [1.54, 1.807) is 19.1 Å². The molecule has 2 nitrogen and oxygen atoms in total. The molecule has 0 aliphatic heterocycles. The number of nitrogens with zero attached hydrogens (tertiary/aromatic N) is 1. The predicted octanol–water partition coefficient (Wildman–Crippen LogP) is 5.29. The molecular formula is C20H19F2NO. The highest BCUT2D eigenvalue weighted by molar-refractivity contribution is 5.99. The van der Waals surface area contributed by atoms with Crippen molar-refractivity contribution >= 4 is 16.7 Å². The Morgan fingerprint density at radius 2 is 1.83 bits per heavy atom. The third kappa shape index (κ3) is 2.96. The molecule has 0 aliphatic rings. The van der Waals surface area contributed by atoms with E-state index in [0.717, 1.165) is 22.5 Å². The van der Waals surface area contributed by atoms with Crippen molar-refractivity contribution in [2.75, 3.05) is 0 Å². The Bertz CT molecular complexity index is 925. The summed E-state index contributed by atoms with van der Waals surface area (Å²) < 4.78 is 28.6. The van der Waals surface area contributed by atoms with Crippen molar-refractivity contribution in [2.24, 2.45) is 0 Å². The molecule has 4 heteroatoms. The lowest BCUT2D eigenvalue weighted by molar-refractivity contribution is 0.101. The third-order valence-corrected chi connectivity index (χ3v) is 4.28. The fraction of sp³-hybridized carbons (Fsp3) is 0.250. The molecule has 0 amide bonds. The van der Waals surface area contributed by atoms with Crippen LogP contribution in [-0.4, -0.2) is 10.4 Å². The molecule has 1 heterocycles. The summed E-state index contributed by atoms with van der Waals surface area (Å²) in [6.45, 7) is 6.18. The quantitative estimate of drug-likeness (QED) is 0.596. The zero-order chi connectivity index (χ0) is 17.4. The molecule has 0 bridgehead atoms. The van der Waals surface area contributed by atoms with Gasteiger partial charge in [0, 0.05) is 29.2 Å². The van der Waals surface area contributed by atoms with E-state index in [-0.39, 0.29) is 5.78 Å². The Kier molecular flexibility index (Phi) is 4.22. The Balaban J connectivity index is 2.10. The number of ketones is 1. The van der Waals surface area contributed by atoms with Crippen LogP contribution in [-0.2, 0) is 6.54 Å². The summed E-state index contributed by atoms with van der Waals surface area (Å²) in [7, 11) is 0. The first-order valence-corrected chi connectivity index (χ1v) is 7.94. The monoisotopic (exact) mass is 327 g/mol. The Morgan fingerprint density at radius 3 is 2.46 bits per heavy atom. The molecular weight excluding hydrogens is 308 g/mol. The van der Waals surface area contributed by atoms with Gasteiger partial charge in [-0.3, -0.25) is 4.79 Å². The van der Waals surface area contributed by atoms with E-state index in [4.69, 9.17) is 0 Å². The summed E-state index contributed by atoms with van der Waals surface area (Å²) >= 11 is 0. The SMILES string of the molecule is CC(=O)c1ccc2c(c1)c(C(C)C)cn2Cc1ccc(F)c(F)c1. The number of carbonyl (C=O) groups excluding carboxylic acids is 1. The number of hydrogen-bond donors (Lipinski definition) is 0. The highest BCUT2D eigenvalue weighted by Crippen LogP contribution is 2.29. The molecule has 0 radical (unpaired) electrons. The van der Waals surface area contributed by atoms with Crippen LogP contribution < -0.4 is 0 Å². The Labute approximate surface area is 139 Å². The van der Waals surface area contributed by atoms with Crippen LogP contribution in [0.15, 0.2) is 42.6 Å². The molecule has 0 fully saturated rings. The summed E-state index contributed by atoms with van der Waals surface area (Å²) in [6, 6.07) is 9.58. The molecule has 3 rings (SSSR count). The molecule has 2 aromatic carbocycles. The first kappa shape index (κ1) is 16.4. The van der Waals surface area contributed by atoms with Gasteiger partial charge in [-0.15, -0.1) is 0 Å². The van der Waals surface area contributed by atoms with Gasteiger partial charge in [-0.2, -0.15) is 0 Å². The van der Waals surface area contributed by atoms with E-state index in [2.05, 4.69) is 13.8 Å². The average Bonchev–Trinajstić information content (AvgIpc) is 2.89. The average molecular weight is 327 g/mol. The van der Waals surface area contributed by atoms with Gasteiger partial charge in [0.1, 0.15) is 0 Å². The molecule has 1 aromatic heterocycles. The van der Waals surface area contributed by atoms with Crippen LogP contribution >= 0.6 is 0 Å². The van der Waals surface area contributed by atoms with Gasteiger partial charge in [0.05, 0.1) is 0 Å². The van der Waals surface area contributed by atoms with Crippen molar-refractivity contribution < 1.29 is 13.6 Å². The van der Waals surface area contributed by atoms with Gasteiger partial charge in [-0.25, -0.2) is 8.78 Å². The van der Waals surface area contributed by atoms with Crippen molar-refractivity contribution in [1.82, 2.24) is 4.57 Å². The zero-order valence-corrected chi connectivity index (χ0v) is 13.9. The first-order valence-electron chi connectivity index (χ1n) is 7.94. The zero-order valence-electron chi connectivity index (χ0n) is 13.9. The summed E-state index contributed by atoms with van der Waals surface area (Å²) in [5, 5.41) is 1.03. The lowest BCUT2D eigenvalue weighted by Crippen LogP contribution is -2.00. The lowest BCUT2D eigenvalue weighted by atomic mass is 10.0. The molecule has 0 aliphatic carbocycles. The topological polar surface area (TPSA) is 22.0 Å². The van der Waals surface area contributed by atoms with Gasteiger partial charge in [0.2, 0.25) is 0 Å². The van der Waals surface area contributed by atoms with Crippen LogP contribution in [0.25, 0.3) is 10.9 Å². The number of Topliss-reactive ketones (excluding diaryl/α,β-unsaturated/α-hetero) is 1. The second-order valence-corrected chi connectivity index (χ2v) is 6.40. The summed E-state index contributed by atoms with van der Waals surface area (Å²) in [6.07, 6.45) is 2.03. The van der Waals surface area contributed by atoms with Crippen molar-refractivity contribution in [3.05, 3.63) is 70.9 Å². The van der Waals surface area contributed by atoms with E-state index in [1.165, 1.54) is 6.07 Å². The van der Waals surface area contributed by atoms with Crippen molar-refractivity contribution in [3.8, 4) is 0 Å². The second-order valence-electron chi connectivity index (χ2n) is 6.40. The van der Waals surface area contributed by atoms with Gasteiger partial charge in [0.25, 0.3) is 0 Å². The number of benzene rings is 2. The smallest absolute Gasteiger partial charge is 0.159 e. The van der Waals surface area contributed by atoms with Crippen LogP contribution in [0.2, 0.25) is 0 Å². The summed E-state index contributed by atoms with van der Waals surface area (Å²) in [5.74, 6) is -1.36. The molecule has 0 unspecified atom stereocenters. The largest absolute Gasteiger partial charge is 0.343 e. The second kappa shape index (κ2) is 6.19. The summed E-state index contributed by atoms with van der Waals surface area (Å²) in [4.78, 5) is 11.7. The Morgan fingerprint density at radius 1 is 1.08 bits per heavy atom. The molecule has 0 atom stereocenters. The van der Waals surface area contributed by atoms with Crippen LogP contribution in [0.1, 0.15) is 48.2 Å². The highest BCUT2D eigenvalue weighted by Gasteiger charge is 2.14. The number of halogens is 2. The standard InChI is InChI=1S/C20H19F2NO/c1-12(2)17-11-23(10-14-4-6-18(21)19(22)8-14)20-7-5-15(13(3)24)9-16(17)20/h4-9,11-12H,10H2,1-3H3. The number of rotatable bonds is 4. The van der Waals surface area contributed by atoms with Gasteiger partial charge >= 0.3 is 0 Å². The normalized spacial score (nSPS) is 11.4. The van der Waals surface area contributed by atoms with Crippen LogP contribution in [0.4, 0.5) is 8.78 Å². The number of fused-ring (bicyclic) bond motifs is 1. The van der Waals surface area contributed by atoms with Crippen LogP contribution in [0, 0.1) is 11.6 Å². The van der Waals surface area contributed by atoms with E-state index >= 15 is 0 Å². The van der Waals surface area contributed by atoms with E-state index < -0.39 is 11.6 Å². The van der Waals surface area contributed by atoms with E-state index in [9.17, 15) is 13.6 Å². The molecule has 0 saturated heterocycles. The minimum absolute atomic E-state index is 0.0277.